The molecular formula is C18H19Cl2O2P. The molecule has 0 aliphatic carbocycles. The lowest BCUT2D eigenvalue weighted by molar-refractivity contribution is 0.108. The fourth-order valence-corrected chi connectivity index (χ4v) is 3.90. The van der Waals surface area contributed by atoms with Gasteiger partial charge in [0.25, 0.3) is 0 Å². The molecule has 0 fully saturated rings. The van der Waals surface area contributed by atoms with Crippen molar-refractivity contribution in [3.8, 4) is 5.75 Å². The van der Waals surface area contributed by atoms with Crippen LogP contribution < -0.4 is 10.0 Å². The highest BCUT2D eigenvalue weighted by Crippen LogP contribution is 2.31. The van der Waals surface area contributed by atoms with Crippen LogP contribution in [0.4, 0.5) is 0 Å². The van der Waals surface area contributed by atoms with Crippen molar-refractivity contribution in [1.29, 1.82) is 0 Å². The smallest absolute Gasteiger partial charge is 0.188 e. The monoisotopic (exact) mass is 368 g/mol. The predicted molar refractivity (Wildman–Crippen MR) is 100 cm³/mol. The molecule has 0 heterocycles. The zero-order chi connectivity index (χ0) is 16.8. The minimum atomic E-state index is -0.0525. The summed E-state index contributed by atoms with van der Waals surface area (Å²) in [7, 11) is -0.0173. The van der Waals surface area contributed by atoms with Gasteiger partial charge in [0.05, 0.1) is 22.2 Å². The van der Waals surface area contributed by atoms with Crippen LogP contribution >= 0.6 is 31.8 Å². The van der Waals surface area contributed by atoms with Gasteiger partial charge in [-0.3, -0.25) is 4.79 Å². The number of aryl methyl sites for hydroxylation is 1. The van der Waals surface area contributed by atoms with Crippen LogP contribution in [0.3, 0.4) is 0 Å². The van der Waals surface area contributed by atoms with E-state index in [0.29, 0.717) is 22.2 Å². The summed E-state index contributed by atoms with van der Waals surface area (Å²) in [5, 5.41) is 1.77. The van der Waals surface area contributed by atoms with Crippen molar-refractivity contribution in [2.24, 2.45) is 0 Å². The third-order valence-electron chi connectivity index (χ3n) is 3.40. The lowest BCUT2D eigenvalue weighted by Gasteiger charge is -2.11. The van der Waals surface area contributed by atoms with E-state index in [1.165, 1.54) is 0 Å². The minimum absolute atomic E-state index is 0.0173. The van der Waals surface area contributed by atoms with Gasteiger partial charge in [-0.2, -0.15) is 0 Å². The fraction of sp³-hybridized carbons (Fsp3) is 0.278. The Morgan fingerprint density at radius 1 is 1.17 bits per heavy atom. The number of hydrogen-bond acceptors (Lipinski definition) is 2. The largest absolute Gasteiger partial charge is 0.494 e. The Bertz CT molecular complexity index is 681. The maximum atomic E-state index is 12.5. The van der Waals surface area contributed by atoms with E-state index < -0.39 is 0 Å². The Kier molecular flexibility index (Phi) is 6.89. The minimum Gasteiger partial charge on any atom is -0.494 e. The van der Waals surface area contributed by atoms with Gasteiger partial charge in [0.1, 0.15) is 5.75 Å². The molecule has 0 spiro atoms. The zero-order valence-corrected chi connectivity index (χ0v) is 15.7. The van der Waals surface area contributed by atoms with E-state index in [2.05, 4.69) is 6.92 Å². The Morgan fingerprint density at radius 2 is 1.87 bits per heavy atom. The first-order chi connectivity index (χ1) is 11.0. The third-order valence-corrected chi connectivity index (χ3v) is 5.34. The molecule has 0 N–H and O–H groups in total. The standard InChI is InChI=1S/C18H19Cl2O2P/c1-3-4-10-22-13-8-9-16(12(2)11-13)23-18(21)17-14(19)6-5-7-15(17)20/h5-9,11,23H,3-4,10H2,1-2H3. The summed E-state index contributed by atoms with van der Waals surface area (Å²) in [5.74, 6) is 0.840. The number of benzene rings is 2. The SMILES string of the molecule is CCCCOc1ccc(PC(=O)c2c(Cl)cccc2Cl)c(C)c1. The molecule has 0 bridgehead atoms. The molecule has 122 valence electrons. The highest BCUT2D eigenvalue weighted by atomic mass is 35.5. The van der Waals surface area contributed by atoms with E-state index in [0.717, 1.165) is 29.5 Å². The first-order valence-electron chi connectivity index (χ1n) is 7.51. The van der Waals surface area contributed by atoms with Gasteiger partial charge in [0.15, 0.2) is 5.52 Å². The first kappa shape index (κ1) is 18.3. The lowest BCUT2D eigenvalue weighted by Crippen LogP contribution is -2.07. The van der Waals surface area contributed by atoms with Crippen molar-refractivity contribution >= 4 is 42.6 Å². The molecule has 2 aromatic carbocycles. The van der Waals surface area contributed by atoms with E-state index in [9.17, 15) is 4.79 Å². The Hall–Kier alpha value is -1.08. The number of rotatable bonds is 7. The van der Waals surface area contributed by atoms with E-state index in [-0.39, 0.29) is 14.1 Å². The van der Waals surface area contributed by atoms with E-state index in [1.54, 1.807) is 18.2 Å². The highest BCUT2D eigenvalue weighted by molar-refractivity contribution is 7.66. The molecule has 0 amide bonds. The molecule has 0 aromatic heterocycles. The van der Waals surface area contributed by atoms with Crippen LogP contribution in [-0.4, -0.2) is 12.1 Å². The van der Waals surface area contributed by atoms with Crippen LogP contribution in [0.25, 0.3) is 0 Å². The normalized spacial score (nSPS) is 11.1. The second-order valence-corrected chi connectivity index (χ2v) is 7.29. The Morgan fingerprint density at radius 3 is 2.48 bits per heavy atom. The van der Waals surface area contributed by atoms with Crippen molar-refractivity contribution in [1.82, 2.24) is 0 Å². The van der Waals surface area contributed by atoms with E-state index in [4.69, 9.17) is 27.9 Å². The average Bonchev–Trinajstić information content (AvgIpc) is 2.50. The Balaban J connectivity index is 2.12. The second kappa shape index (κ2) is 8.68. The molecule has 0 saturated carbocycles. The van der Waals surface area contributed by atoms with Gasteiger partial charge in [0, 0.05) is 0 Å². The van der Waals surface area contributed by atoms with Crippen LogP contribution in [0.5, 0.6) is 5.75 Å². The van der Waals surface area contributed by atoms with Crippen molar-refractivity contribution in [3.63, 3.8) is 0 Å². The summed E-state index contributed by atoms with van der Waals surface area (Å²) in [6.45, 7) is 4.83. The number of hydrogen-bond donors (Lipinski definition) is 0. The lowest BCUT2D eigenvalue weighted by atomic mass is 10.2. The van der Waals surface area contributed by atoms with Crippen LogP contribution in [-0.2, 0) is 0 Å². The maximum absolute atomic E-state index is 12.5. The van der Waals surface area contributed by atoms with Gasteiger partial charge in [-0.15, -0.1) is 0 Å². The molecule has 0 saturated heterocycles. The first-order valence-corrected chi connectivity index (χ1v) is 9.27. The maximum Gasteiger partial charge on any atom is 0.188 e. The molecule has 1 atom stereocenters. The summed E-state index contributed by atoms with van der Waals surface area (Å²) in [5.41, 5.74) is 1.38. The predicted octanol–water partition coefficient (Wildman–Crippen LogP) is 5.62. The summed E-state index contributed by atoms with van der Waals surface area (Å²) >= 11 is 12.2. The molecular weight excluding hydrogens is 350 g/mol. The van der Waals surface area contributed by atoms with E-state index in [1.807, 2.05) is 25.1 Å². The summed E-state index contributed by atoms with van der Waals surface area (Å²) in [6, 6.07) is 10.9. The van der Waals surface area contributed by atoms with Crippen LogP contribution in [0, 0.1) is 6.92 Å². The van der Waals surface area contributed by atoms with Gasteiger partial charge in [-0.05, 0) is 57.1 Å². The summed E-state index contributed by atoms with van der Waals surface area (Å²) in [4.78, 5) is 12.5. The Labute approximate surface area is 148 Å². The molecule has 1 unspecified atom stereocenters. The zero-order valence-electron chi connectivity index (χ0n) is 13.2. The molecule has 0 aliphatic rings. The number of halogens is 2. The highest BCUT2D eigenvalue weighted by Gasteiger charge is 2.16. The second-order valence-electron chi connectivity index (χ2n) is 5.23. The van der Waals surface area contributed by atoms with Gasteiger partial charge in [0.2, 0.25) is 0 Å². The molecule has 2 rings (SSSR count). The third kappa shape index (κ3) is 4.94. The van der Waals surface area contributed by atoms with Crippen LogP contribution in [0.15, 0.2) is 36.4 Å². The van der Waals surface area contributed by atoms with Crippen molar-refractivity contribution in [3.05, 3.63) is 57.6 Å². The van der Waals surface area contributed by atoms with Gasteiger partial charge in [-0.25, -0.2) is 0 Å². The van der Waals surface area contributed by atoms with Gasteiger partial charge >= 0.3 is 0 Å². The number of carbonyl (C=O) groups excluding carboxylic acids is 1. The fourth-order valence-electron chi connectivity index (χ4n) is 2.10. The van der Waals surface area contributed by atoms with Crippen molar-refractivity contribution < 1.29 is 9.53 Å². The van der Waals surface area contributed by atoms with Crippen LogP contribution in [0.2, 0.25) is 10.0 Å². The van der Waals surface area contributed by atoms with Gasteiger partial charge < -0.3 is 4.74 Å². The molecule has 2 nitrogen and oxygen atoms in total. The number of carbonyl (C=O) groups is 1. The van der Waals surface area contributed by atoms with Crippen molar-refractivity contribution in [2.75, 3.05) is 6.61 Å². The van der Waals surface area contributed by atoms with Gasteiger partial charge in [-0.1, -0.05) is 48.7 Å². The summed E-state index contributed by atoms with van der Waals surface area (Å²) < 4.78 is 5.69. The summed E-state index contributed by atoms with van der Waals surface area (Å²) in [6.07, 6.45) is 2.14. The van der Waals surface area contributed by atoms with Crippen LogP contribution in [0.1, 0.15) is 35.7 Å². The number of ether oxygens (including phenoxy) is 1. The molecule has 5 heteroatoms. The molecule has 0 aliphatic heterocycles. The molecule has 2 aromatic rings. The van der Waals surface area contributed by atoms with Crippen molar-refractivity contribution in [2.45, 2.75) is 26.7 Å². The van der Waals surface area contributed by atoms with E-state index >= 15 is 0 Å². The number of unbranched alkanes of at least 4 members (excludes halogenated alkanes) is 1. The topological polar surface area (TPSA) is 26.3 Å². The average molecular weight is 369 g/mol. The molecule has 23 heavy (non-hydrogen) atoms. The quantitative estimate of drug-likeness (QED) is 0.467. The molecule has 0 radical (unpaired) electrons.